The minimum atomic E-state index is 0.293. The molecule has 1 fully saturated rings. The van der Waals surface area contributed by atoms with E-state index in [1.54, 1.807) is 6.07 Å². The second-order valence-electron chi connectivity index (χ2n) is 5.54. The highest BCUT2D eigenvalue weighted by molar-refractivity contribution is 6.35. The predicted octanol–water partition coefficient (Wildman–Crippen LogP) is 4.34. The van der Waals surface area contributed by atoms with Gasteiger partial charge in [0.05, 0.1) is 0 Å². The summed E-state index contributed by atoms with van der Waals surface area (Å²) >= 11 is 12.1. The van der Waals surface area contributed by atoms with Gasteiger partial charge in [0, 0.05) is 16.1 Å². The molecule has 0 aliphatic heterocycles. The van der Waals surface area contributed by atoms with E-state index in [2.05, 4.69) is 5.43 Å². The number of benzene rings is 1. The summed E-state index contributed by atoms with van der Waals surface area (Å²) in [6.07, 6.45) is 8.80. The fourth-order valence-electron chi connectivity index (χ4n) is 2.99. The van der Waals surface area contributed by atoms with Crippen LogP contribution in [0, 0.1) is 5.92 Å². The van der Waals surface area contributed by atoms with Gasteiger partial charge in [-0.05, 0) is 36.5 Å². The van der Waals surface area contributed by atoms with Crippen molar-refractivity contribution in [2.75, 3.05) is 0 Å². The SMILES string of the molecule is NNC(Cc1ccc(Cl)cc1Cl)CC1CCCCC1. The molecular formula is C15H22Cl2N2. The highest BCUT2D eigenvalue weighted by Crippen LogP contribution is 2.29. The Bertz CT molecular complexity index is 403. The average Bonchev–Trinajstić information content (AvgIpc) is 2.42. The van der Waals surface area contributed by atoms with Crippen LogP contribution >= 0.6 is 23.2 Å². The largest absolute Gasteiger partial charge is 0.271 e. The van der Waals surface area contributed by atoms with Gasteiger partial charge >= 0.3 is 0 Å². The van der Waals surface area contributed by atoms with Crippen molar-refractivity contribution in [2.24, 2.45) is 11.8 Å². The average molecular weight is 301 g/mol. The Labute approximate surface area is 125 Å². The van der Waals surface area contributed by atoms with Crippen LogP contribution in [0.1, 0.15) is 44.1 Å². The third-order valence-electron chi connectivity index (χ3n) is 4.06. The zero-order valence-corrected chi connectivity index (χ0v) is 12.7. The van der Waals surface area contributed by atoms with Crippen molar-refractivity contribution in [3.63, 3.8) is 0 Å². The topological polar surface area (TPSA) is 38.0 Å². The maximum Gasteiger partial charge on any atom is 0.0453 e. The van der Waals surface area contributed by atoms with Crippen molar-refractivity contribution in [1.29, 1.82) is 0 Å². The molecule has 0 spiro atoms. The van der Waals surface area contributed by atoms with Gasteiger partial charge in [-0.1, -0.05) is 61.4 Å². The molecule has 3 N–H and O–H groups in total. The molecule has 19 heavy (non-hydrogen) atoms. The Balaban J connectivity index is 1.94. The van der Waals surface area contributed by atoms with Gasteiger partial charge in [-0.3, -0.25) is 11.3 Å². The van der Waals surface area contributed by atoms with Crippen molar-refractivity contribution in [2.45, 2.75) is 51.0 Å². The Hall–Kier alpha value is -0.280. The molecule has 0 aromatic heterocycles. The Morgan fingerprint density at radius 3 is 2.58 bits per heavy atom. The minimum absolute atomic E-state index is 0.293. The Kier molecular flexibility index (Phi) is 5.96. The van der Waals surface area contributed by atoms with Gasteiger partial charge in [-0.2, -0.15) is 0 Å². The number of rotatable bonds is 5. The van der Waals surface area contributed by atoms with Crippen molar-refractivity contribution in [3.05, 3.63) is 33.8 Å². The maximum atomic E-state index is 6.22. The van der Waals surface area contributed by atoms with Gasteiger partial charge in [-0.15, -0.1) is 0 Å². The lowest BCUT2D eigenvalue weighted by Gasteiger charge is -2.26. The van der Waals surface area contributed by atoms with E-state index in [4.69, 9.17) is 29.0 Å². The molecule has 2 rings (SSSR count). The highest BCUT2D eigenvalue weighted by atomic mass is 35.5. The lowest BCUT2D eigenvalue weighted by molar-refractivity contribution is 0.298. The highest BCUT2D eigenvalue weighted by Gasteiger charge is 2.19. The summed E-state index contributed by atoms with van der Waals surface area (Å²) in [5.41, 5.74) is 4.06. The number of halogens is 2. The van der Waals surface area contributed by atoms with E-state index in [1.807, 2.05) is 12.1 Å². The summed E-state index contributed by atoms with van der Waals surface area (Å²) in [5.74, 6) is 6.50. The fraction of sp³-hybridized carbons (Fsp3) is 0.600. The van der Waals surface area contributed by atoms with Crippen LogP contribution in [-0.4, -0.2) is 6.04 Å². The summed E-state index contributed by atoms with van der Waals surface area (Å²) in [6.45, 7) is 0. The zero-order chi connectivity index (χ0) is 13.7. The van der Waals surface area contributed by atoms with Crippen molar-refractivity contribution in [1.82, 2.24) is 5.43 Å². The quantitative estimate of drug-likeness (QED) is 0.627. The standard InChI is InChI=1S/C15H22Cl2N2/c16-13-7-6-12(15(17)10-13)9-14(19-18)8-11-4-2-1-3-5-11/h6-7,10-11,14,19H,1-5,8-9,18H2. The normalized spacial score (nSPS) is 18.5. The van der Waals surface area contributed by atoms with Gasteiger partial charge in [0.25, 0.3) is 0 Å². The van der Waals surface area contributed by atoms with Crippen LogP contribution in [0.15, 0.2) is 18.2 Å². The smallest absolute Gasteiger partial charge is 0.0453 e. The van der Waals surface area contributed by atoms with Gasteiger partial charge in [0.2, 0.25) is 0 Å². The molecule has 4 heteroatoms. The van der Waals surface area contributed by atoms with Crippen LogP contribution in [0.2, 0.25) is 10.0 Å². The van der Waals surface area contributed by atoms with Crippen LogP contribution in [0.5, 0.6) is 0 Å². The van der Waals surface area contributed by atoms with Crippen molar-refractivity contribution >= 4 is 23.2 Å². The summed E-state index contributed by atoms with van der Waals surface area (Å²) in [4.78, 5) is 0. The first kappa shape index (κ1) is 15.1. The summed E-state index contributed by atoms with van der Waals surface area (Å²) in [6, 6.07) is 5.97. The molecule has 0 saturated heterocycles. The van der Waals surface area contributed by atoms with Crippen LogP contribution in [0.4, 0.5) is 0 Å². The predicted molar refractivity (Wildman–Crippen MR) is 82.5 cm³/mol. The number of hydrazine groups is 1. The molecular weight excluding hydrogens is 279 g/mol. The third-order valence-corrected chi connectivity index (χ3v) is 4.65. The molecule has 1 aliphatic carbocycles. The molecule has 1 aromatic rings. The van der Waals surface area contributed by atoms with E-state index >= 15 is 0 Å². The number of hydrogen-bond donors (Lipinski definition) is 2. The number of hydrogen-bond acceptors (Lipinski definition) is 2. The lowest BCUT2D eigenvalue weighted by atomic mass is 9.84. The molecule has 1 unspecified atom stereocenters. The molecule has 0 heterocycles. The summed E-state index contributed by atoms with van der Waals surface area (Å²) in [5, 5.41) is 1.41. The molecule has 0 radical (unpaired) electrons. The first-order valence-electron chi connectivity index (χ1n) is 7.09. The number of nitrogens with two attached hydrogens (primary N) is 1. The van der Waals surface area contributed by atoms with Crippen LogP contribution < -0.4 is 11.3 Å². The first-order valence-corrected chi connectivity index (χ1v) is 7.84. The molecule has 1 aliphatic rings. The first-order chi connectivity index (χ1) is 9.19. The van der Waals surface area contributed by atoms with Crippen LogP contribution in [-0.2, 0) is 6.42 Å². The second kappa shape index (κ2) is 7.49. The van der Waals surface area contributed by atoms with Gasteiger partial charge in [0.15, 0.2) is 0 Å². The van der Waals surface area contributed by atoms with Gasteiger partial charge in [-0.25, -0.2) is 0 Å². The molecule has 106 valence electrons. The Morgan fingerprint density at radius 2 is 1.95 bits per heavy atom. The molecule has 2 nitrogen and oxygen atoms in total. The third kappa shape index (κ3) is 4.64. The van der Waals surface area contributed by atoms with E-state index in [1.165, 1.54) is 32.1 Å². The van der Waals surface area contributed by atoms with Crippen LogP contribution in [0.3, 0.4) is 0 Å². The maximum absolute atomic E-state index is 6.22. The number of nitrogens with one attached hydrogen (secondary N) is 1. The van der Waals surface area contributed by atoms with Crippen molar-refractivity contribution in [3.8, 4) is 0 Å². The molecule has 0 bridgehead atoms. The molecule has 1 saturated carbocycles. The second-order valence-corrected chi connectivity index (χ2v) is 6.39. The van der Waals surface area contributed by atoms with E-state index < -0.39 is 0 Å². The van der Waals surface area contributed by atoms with E-state index in [-0.39, 0.29) is 0 Å². The van der Waals surface area contributed by atoms with Crippen molar-refractivity contribution < 1.29 is 0 Å². The minimum Gasteiger partial charge on any atom is -0.271 e. The fourth-order valence-corrected chi connectivity index (χ4v) is 3.47. The monoisotopic (exact) mass is 300 g/mol. The summed E-state index contributed by atoms with van der Waals surface area (Å²) < 4.78 is 0. The van der Waals surface area contributed by atoms with Gasteiger partial charge < -0.3 is 0 Å². The Morgan fingerprint density at radius 1 is 1.21 bits per heavy atom. The van der Waals surface area contributed by atoms with Crippen LogP contribution in [0.25, 0.3) is 0 Å². The summed E-state index contributed by atoms with van der Waals surface area (Å²) in [7, 11) is 0. The van der Waals surface area contributed by atoms with E-state index in [9.17, 15) is 0 Å². The van der Waals surface area contributed by atoms with Gasteiger partial charge in [0.1, 0.15) is 0 Å². The lowest BCUT2D eigenvalue weighted by Crippen LogP contribution is -2.38. The van der Waals surface area contributed by atoms with E-state index in [0.29, 0.717) is 11.1 Å². The molecule has 1 aromatic carbocycles. The van der Waals surface area contributed by atoms with E-state index in [0.717, 1.165) is 29.3 Å². The molecule has 0 amide bonds. The zero-order valence-electron chi connectivity index (χ0n) is 11.2. The molecule has 1 atom stereocenters.